The predicted molar refractivity (Wildman–Crippen MR) is 101 cm³/mol. The Hall–Kier alpha value is -2.81. The lowest BCUT2D eigenvalue weighted by molar-refractivity contribution is 0.240. The van der Waals surface area contributed by atoms with E-state index < -0.39 is 0 Å². The van der Waals surface area contributed by atoms with Crippen molar-refractivity contribution in [1.82, 2.24) is 25.3 Å². The summed E-state index contributed by atoms with van der Waals surface area (Å²) in [6, 6.07) is 0.413. The van der Waals surface area contributed by atoms with Gasteiger partial charge in [-0.25, -0.2) is 19.7 Å². The van der Waals surface area contributed by atoms with E-state index in [9.17, 15) is 4.79 Å². The van der Waals surface area contributed by atoms with E-state index in [0.29, 0.717) is 24.1 Å². The van der Waals surface area contributed by atoms with Crippen LogP contribution in [0, 0.1) is 0 Å². The zero-order valence-electron chi connectivity index (χ0n) is 15.6. The van der Waals surface area contributed by atoms with Gasteiger partial charge in [0.05, 0.1) is 25.2 Å². The van der Waals surface area contributed by atoms with Gasteiger partial charge in [-0.2, -0.15) is 0 Å². The van der Waals surface area contributed by atoms with Crippen LogP contribution in [0.2, 0.25) is 0 Å². The highest BCUT2D eigenvalue weighted by molar-refractivity contribution is 5.91. The maximum absolute atomic E-state index is 12.6. The molecule has 2 heterocycles. The number of amides is 2. The Morgan fingerprint density at radius 1 is 1.15 bits per heavy atom. The highest BCUT2D eigenvalue weighted by atomic mass is 16.5. The summed E-state index contributed by atoms with van der Waals surface area (Å²) in [6.45, 7) is 2.45. The molecule has 3 rings (SSSR count). The summed E-state index contributed by atoms with van der Waals surface area (Å²) in [4.78, 5) is 31.4. The van der Waals surface area contributed by atoms with Crippen molar-refractivity contribution in [3.63, 3.8) is 0 Å². The van der Waals surface area contributed by atoms with E-state index >= 15 is 0 Å². The molecule has 0 radical (unpaired) electrons. The number of hydrogen-bond acceptors (Lipinski definition) is 7. The second-order valence-corrected chi connectivity index (χ2v) is 6.49. The number of nitrogens with two attached hydrogens (primary N) is 1. The number of nitrogens with zero attached hydrogens (tertiary/aromatic N) is 5. The summed E-state index contributed by atoms with van der Waals surface area (Å²) < 4.78 is 4.96. The molecule has 0 bridgehead atoms. The molecule has 9 nitrogen and oxygen atoms in total. The van der Waals surface area contributed by atoms with Crippen molar-refractivity contribution in [2.75, 3.05) is 18.6 Å². The second kappa shape index (κ2) is 8.72. The van der Waals surface area contributed by atoms with Crippen molar-refractivity contribution in [3.8, 4) is 17.3 Å². The van der Waals surface area contributed by atoms with Crippen molar-refractivity contribution < 1.29 is 9.53 Å². The van der Waals surface area contributed by atoms with Gasteiger partial charge in [0.15, 0.2) is 5.82 Å². The summed E-state index contributed by atoms with van der Waals surface area (Å²) in [7, 11) is 1.51. The monoisotopic (exact) mass is 371 g/mol. The molecule has 3 N–H and O–H groups in total. The Morgan fingerprint density at radius 2 is 1.85 bits per heavy atom. The maximum Gasteiger partial charge on any atom is 0.323 e. The Labute approximate surface area is 158 Å². The molecule has 2 aromatic heterocycles. The minimum absolute atomic E-state index is 0.0702. The van der Waals surface area contributed by atoms with Crippen LogP contribution in [-0.2, 0) is 0 Å². The molecule has 1 aliphatic carbocycles. The largest absolute Gasteiger partial charge is 0.467 e. The first-order valence-electron chi connectivity index (χ1n) is 9.13. The van der Waals surface area contributed by atoms with Crippen LogP contribution >= 0.6 is 0 Å². The smallest absolute Gasteiger partial charge is 0.323 e. The molecule has 0 unspecified atom stereocenters. The number of carbonyl (C=O) groups is 1. The lowest BCUT2D eigenvalue weighted by Gasteiger charge is -2.35. The summed E-state index contributed by atoms with van der Waals surface area (Å²) >= 11 is 0. The first kappa shape index (κ1) is 19.0. The van der Waals surface area contributed by atoms with Gasteiger partial charge in [-0.15, -0.1) is 0 Å². The summed E-state index contributed by atoms with van der Waals surface area (Å²) in [5.74, 6) is 0.527. The van der Waals surface area contributed by atoms with Gasteiger partial charge in [-0.05, 0) is 32.6 Å². The molecule has 1 saturated carbocycles. The zero-order valence-corrected chi connectivity index (χ0v) is 15.6. The first-order chi connectivity index (χ1) is 13.1. The fraction of sp³-hybridized carbons (Fsp3) is 0.500. The highest BCUT2D eigenvalue weighted by Crippen LogP contribution is 2.26. The van der Waals surface area contributed by atoms with Gasteiger partial charge < -0.3 is 15.8 Å². The van der Waals surface area contributed by atoms with Crippen molar-refractivity contribution in [2.45, 2.75) is 44.7 Å². The fourth-order valence-corrected chi connectivity index (χ4v) is 3.20. The number of nitrogens with one attached hydrogen (secondary N) is 1. The lowest BCUT2D eigenvalue weighted by atomic mass is 9.91. The number of ether oxygens (including phenoxy) is 1. The number of rotatable bonds is 5. The van der Waals surface area contributed by atoms with E-state index in [4.69, 9.17) is 10.5 Å². The van der Waals surface area contributed by atoms with Crippen molar-refractivity contribution in [2.24, 2.45) is 5.73 Å². The van der Waals surface area contributed by atoms with Gasteiger partial charge in [-0.1, -0.05) is 0 Å². The van der Waals surface area contributed by atoms with E-state index in [0.717, 1.165) is 31.2 Å². The Bertz CT molecular complexity index is 743. The molecule has 27 heavy (non-hydrogen) atoms. The second-order valence-electron chi connectivity index (χ2n) is 6.49. The molecule has 0 atom stereocenters. The molecule has 9 heteroatoms. The van der Waals surface area contributed by atoms with Gasteiger partial charge in [0.2, 0.25) is 0 Å². The number of carbonyl (C=O) groups excluding carboxylic acids is 1. The number of methoxy groups -OCH3 is 1. The molecule has 2 aromatic rings. The molecule has 144 valence electrons. The molecule has 0 aromatic carbocycles. The molecule has 2 amide bonds. The lowest BCUT2D eigenvalue weighted by Crippen LogP contribution is -2.49. The summed E-state index contributed by atoms with van der Waals surface area (Å²) in [6.07, 6.45) is 10.00. The molecule has 1 aliphatic rings. The van der Waals surface area contributed by atoms with Crippen molar-refractivity contribution in [3.05, 3.63) is 24.8 Å². The van der Waals surface area contributed by atoms with Crippen molar-refractivity contribution >= 4 is 11.8 Å². The SMILES string of the molecule is CCNC(=O)N(c1cnc(-c2cnc(OC)nc2)cn1)C1CCC(N)CC1. The highest BCUT2D eigenvalue weighted by Gasteiger charge is 2.29. The molecule has 1 fully saturated rings. The third-order valence-corrected chi connectivity index (χ3v) is 4.64. The van der Waals surface area contributed by atoms with E-state index in [2.05, 4.69) is 25.3 Å². The van der Waals surface area contributed by atoms with Gasteiger partial charge in [0, 0.05) is 36.6 Å². The molecular formula is C18H25N7O2. The molecule has 0 aliphatic heterocycles. The van der Waals surface area contributed by atoms with Crippen molar-refractivity contribution in [1.29, 1.82) is 0 Å². The molecular weight excluding hydrogens is 346 g/mol. The van der Waals surface area contributed by atoms with Gasteiger partial charge >= 0.3 is 12.0 Å². The number of urea groups is 1. The summed E-state index contributed by atoms with van der Waals surface area (Å²) in [5.41, 5.74) is 7.36. The third-order valence-electron chi connectivity index (χ3n) is 4.64. The molecule has 0 saturated heterocycles. The van der Waals surface area contributed by atoms with Crippen LogP contribution in [0.4, 0.5) is 10.6 Å². The zero-order chi connectivity index (χ0) is 19.2. The van der Waals surface area contributed by atoms with Gasteiger partial charge in [0.25, 0.3) is 0 Å². The van der Waals surface area contributed by atoms with Crippen LogP contribution in [0.1, 0.15) is 32.6 Å². The van der Waals surface area contributed by atoms with Crippen LogP contribution in [-0.4, -0.2) is 51.7 Å². The van der Waals surface area contributed by atoms with E-state index in [-0.39, 0.29) is 18.1 Å². The topological polar surface area (TPSA) is 119 Å². The quantitative estimate of drug-likeness (QED) is 0.821. The molecule has 0 spiro atoms. The summed E-state index contributed by atoms with van der Waals surface area (Å²) in [5, 5.41) is 2.87. The Balaban J connectivity index is 1.82. The van der Waals surface area contributed by atoms with Crippen LogP contribution in [0.25, 0.3) is 11.3 Å². The third kappa shape index (κ3) is 4.48. The average Bonchev–Trinajstić information content (AvgIpc) is 2.70. The Kier molecular flexibility index (Phi) is 6.12. The first-order valence-corrected chi connectivity index (χ1v) is 9.13. The number of hydrogen-bond donors (Lipinski definition) is 2. The Morgan fingerprint density at radius 3 is 2.41 bits per heavy atom. The van der Waals surface area contributed by atoms with Crippen LogP contribution in [0.3, 0.4) is 0 Å². The average molecular weight is 371 g/mol. The predicted octanol–water partition coefficient (Wildman–Crippen LogP) is 1.75. The van der Waals surface area contributed by atoms with E-state index in [1.807, 2.05) is 6.92 Å². The minimum Gasteiger partial charge on any atom is -0.467 e. The maximum atomic E-state index is 12.6. The van der Waals surface area contributed by atoms with E-state index in [1.54, 1.807) is 29.7 Å². The van der Waals surface area contributed by atoms with Crippen LogP contribution < -0.4 is 20.7 Å². The number of anilines is 1. The van der Waals surface area contributed by atoms with Crippen LogP contribution in [0.5, 0.6) is 6.01 Å². The fourth-order valence-electron chi connectivity index (χ4n) is 3.20. The van der Waals surface area contributed by atoms with Gasteiger partial charge in [-0.3, -0.25) is 9.88 Å². The van der Waals surface area contributed by atoms with Crippen LogP contribution in [0.15, 0.2) is 24.8 Å². The standard InChI is InChI=1S/C18H25N7O2/c1-3-20-18(26)25(14-6-4-13(19)5-7-14)16-11-21-15(10-22-16)12-8-23-17(27-2)24-9-12/h8-11,13-14H,3-7,19H2,1-2H3,(H,20,26). The number of aromatic nitrogens is 4. The normalized spacial score (nSPS) is 19.4. The van der Waals surface area contributed by atoms with E-state index in [1.165, 1.54) is 7.11 Å². The van der Waals surface area contributed by atoms with Gasteiger partial charge in [0.1, 0.15) is 0 Å². The minimum atomic E-state index is -0.159.